The molecule has 2 aliphatic rings. The maximum absolute atomic E-state index is 14.4. The van der Waals surface area contributed by atoms with Crippen molar-refractivity contribution in [1.82, 2.24) is 9.80 Å². The number of carbonyl (C=O) groups is 2. The van der Waals surface area contributed by atoms with Crippen LogP contribution in [0.4, 0.5) is 5.69 Å². The first-order valence-electron chi connectivity index (χ1n) is 16.8. The van der Waals surface area contributed by atoms with E-state index < -0.39 is 6.04 Å². The van der Waals surface area contributed by atoms with Gasteiger partial charge < -0.3 is 24.8 Å². The third kappa shape index (κ3) is 10.3. The van der Waals surface area contributed by atoms with Crippen LogP contribution in [0.1, 0.15) is 88.1 Å². The molecule has 0 bridgehead atoms. The number of amides is 2. The average Bonchev–Trinajstić information content (AvgIpc) is 3.04. The predicted molar refractivity (Wildman–Crippen MR) is 185 cm³/mol. The minimum Gasteiger partial charge on any atom is -0.490 e. The first-order valence-corrected chi connectivity index (χ1v) is 17.6. The summed E-state index contributed by atoms with van der Waals surface area (Å²) in [6.07, 6.45) is 7.43. The Labute approximate surface area is 284 Å². The van der Waals surface area contributed by atoms with Gasteiger partial charge in [-0.25, -0.2) is 0 Å². The van der Waals surface area contributed by atoms with Crippen LogP contribution in [0.2, 0.25) is 10.0 Å². The summed E-state index contributed by atoms with van der Waals surface area (Å²) in [7, 11) is 2.04. The fourth-order valence-corrected chi connectivity index (χ4v) is 6.71. The highest BCUT2D eigenvalue weighted by Crippen LogP contribution is 2.30. The van der Waals surface area contributed by atoms with Gasteiger partial charge in [-0.1, -0.05) is 55.5 Å². The first-order chi connectivity index (χ1) is 22.0. The van der Waals surface area contributed by atoms with E-state index in [4.69, 9.17) is 32.7 Å². The minimum atomic E-state index is -0.441. The second-order valence-corrected chi connectivity index (χ2v) is 14.1. The quantitative estimate of drug-likeness (QED) is 0.302. The highest BCUT2D eigenvalue weighted by molar-refractivity contribution is 6.42. The van der Waals surface area contributed by atoms with Gasteiger partial charge in [0.15, 0.2) is 0 Å². The van der Waals surface area contributed by atoms with Gasteiger partial charge in [0.25, 0.3) is 5.91 Å². The van der Waals surface area contributed by atoms with Crippen molar-refractivity contribution >= 4 is 40.7 Å². The summed E-state index contributed by atoms with van der Waals surface area (Å²) in [6, 6.07) is 10.6. The Kier molecular flexibility index (Phi) is 14.0. The fraction of sp³-hybridized carbons (Fsp3) is 0.611. The predicted octanol–water partition coefficient (Wildman–Crippen LogP) is 7.44. The number of ether oxygens (including phenoxy) is 2. The molecule has 0 saturated heterocycles. The number of carbonyl (C=O) groups excluding carboxylic acids is 2. The molecule has 46 heavy (non-hydrogen) atoms. The van der Waals surface area contributed by atoms with Crippen LogP contribution in [-0.2, 0) is 16.1 Å². The van der Waals surface area contributed by atoms with Gasteiger partial charge in [0.1, 0.15) is 5.75 Å². The number of benzene rings is 2. The zero-order chi connectivity index (χ0) is 33.2. The van der Waals surface area contributed by atoms with Gasteiger partial charge in [-0.3, -0.25) is 14.5 Å². The summed E-state index contributed by atoms with van der Waals surface area (Å²) in [4.78, 5) is 31.4. The van der Waals surface area contributed by atoms with E-state index in [1.165, 1.54) is 6.42 Å². The highest BCUT2D eigenvalue weighted by atomic mass is 35.5. The van der Waals surface area contributed by atoms with E-state index in [1.807, 2.05) is 45.2 Å². The molecule has 254 valence electrons. The van der Waals surface area contributed by atoms with Crippen LogP contribution in [0.25, 0.3) is 0 Å². The Hall–Kier alpha value is -2.36. The lowest BCUT2D eigenvalue weighted by molar-refractivity contribution is -0.120. The molecule has 0 spiro atoms. The summed E-state index contributed by atoms with van der Waals surface area (Å²) >= 11 is 12.4. The van der Waals surface area contributed by atoms with Crippen LogP contribution in [0.5, 0.6) is 5.75 Å². The molecule has 1 fully saturated rings. The number of halogens is 2. The number of aliphatic hydroxyl groups is 1. The molecule has 1 saturated carbocycles. The van der Waals surface area contributed by atoms with Crippen molar-refractivity contribution in [3.63, 3.8) is 0 Å². The summed E-state index contributed by atoms with van der Waals surface area (Å²) in [5, 5.41) is 14.4. The van der Waals surface area contributed by atoms with Crippen LogP contribution in [0, 0.1) is 11.8 Å². The number of aliphatic hydroxyl groups excluding tert-OH is 1. The third-order valence-corrected chi connectivity index (χ3v) is 9.96. The molecule has 0 radical (unpaired) electrons. The first kappa shape index (κ1) is 36.5. The Morgan fingerprint density at radius 2 is 1.78 bits per heavy atom. The molecule has 4 atom stereocenters. The van der Waals surface area contributed by atoms with Crippen LogP contribution in [-0.4, -0.2) is 78.3 Å². The number of hydrogen-bond acceptors (Lipinski definition) is 6. The molecular weight excluding hydrogens is 625 g/mol. The molecule has 2 aromatic rings. The van der Waals surface area contributed by atoms with Gasteiger partial charge in [0.05, 0.1) is 40.5 Å². The van der Waals surface area contributed by atoms with E-state index in [0.29, 0.717) is 53.3 Å². The van der Waals surface area contributed by atoms with Crippen molar-refractivity contribution in [3.8, 4) is 5.75 Å². The molecule has 10 heteroatoms. The Morgan fingerprint density at radius 1 is 1.04 bits per heavy atom. The van der Waals surface area contributed by atoms with Crippen molar-refractivity contribution in [2.75, 3.05) is 38.7 Å². The normalized spacial score (nSPS) is 22.9. The summed E-state index contributed by atoms with van der Waals surface area (Å²) < 4.78 is 12.8. The Balaban J connectivity index is 1.58. The molecule has 1 aliphatic heterocycles. The lowest BCUT2D eigenvalue weighted by Gasteiger charge is -2.36. The molecule has 1 aliphatic carbocycles. The average molecular weight is 677 g/mol. The topological polar surface area (TPSA) is 91.3 Å². The van der Waals surface area contributed by atoms with Crippen molar-refractivity contribution in [2.24, 2.45) is 11.8 Å². The zero-order valence-electron chi connectivity index (χ0n) is 27.8. The van der Waals surface area contributed by atoms with Gasteiger partial charge in [-0.15, -0.1) is 0 Å². The molecule has 0 aromatic heterocycles. The van der Waals surface area contributed by atoms with Crippen molar-refractivity contribution in [3.05, 3.63) is 57.6 Å². The van der Waals surface area contributed by atoms with E-state index in [2.05, 4.69) is 17.1 Å². The summed E-state index contributed by atoms with van der Waals surface area (Å²) in [5.74, 6) is 0.190. The number of rotatable bonds is 8. The van der Waals surface area contributed by atoms with E-state index in [-0.39, 0.29) is 42.5 Å². The fourth-order valence-electron chi connectivity index (χ4n) is 6.39. The number of likely N-dealkylation sites (N-methyl/N-ethyl adjacent to an activating group) is 1. The van der Waals surface area contributed by atoms with E-state index in [9.17, 15) is 14.7 Å². The highest BCUT2D eigenvalue weighted by Gasteiger charge is 2.31. The number of nitrogens with one attached hydrogen (secondary N) is 1. The monoisotopic (exact) mass is 675 g/mol. The van der Waals surface area contributed by atoms with Crippen LogP contribution in [0.15, 0.2) is 36.4 Å². The number of anilines is 1. The lowest BCUT2D eigenvalue weighted by Crippen LogP contribution is -2.47. The van der Waals surface area contributed by atoms with Gasteiger partial charge in [-0.05, 0) is 88.9 Å². The van der Waals surface area contributed by atoms with E-state index in [0.717, 1.165) is 50.5 Å². The minimum absolute atomic E-state index is 0.00136. The maximum Gasteiger partial charge on any atom is 0.258 e. The molecule has 2 N–H and O–H groups in total. The third-order valence-electron chi connectivity index (χ3n) is 9.22. The molecule has 0 unspecified atom stereocenters. The van der Waals surface area contributed by atoms with Crippen LogP contribution >= 0.6 is 23.2 Å². The van der Waals surface area contributed by atoms with Crippen molar-refractivity contribution in [2.45, 2.75) is 96.9 Å². The standard InChI is InChI=1S/C36H51Cl2N3O5/c1-24-20-41(25(2)23-42)36(44)30-19-29(39-35(43)28-11-6-5-7-12-28)14-16-33(30)46-26(3)10-8-9-17-45-34(24)22-40(4)21-27-13-15-31(37)32(38)18-27/h13-16,18-19,24-26,28,34,42H,5-12,17,20-23H2,1-4H3,(H,39,43)/t24-,25+,26+,34+/m1/s1. The largest absolute Gasteiger partial charge is 0.490 e. The maximum atomic E-state index is 14.4. The van der Waals surface area contributed by atoms with Gasteiger partial charge in [0.2, 0.25) is 5.91 Å². The molecule has 4 rings (SSSR count). The van der Waals surface area contributed by atoms with Gasteiger partial charge >= 0.3 is 0 Å². The Bertz CT molecular complexity index is 1300. The Morgan fingerprint density at radius 3 is 2.50 bits per heavy atom. The summed E-state index contributed by atoms with van der Waals surface area (Å²) in [6.45, 7) is 8.04. The molecule has 2 amide bonds. The number of hydrogen-bond donors (Lipinski definition) is 2. The second kappa shape index (κ2) is 17.7. The van der Waals surface area contributed by atoms with Crippen molar-refractivity contribution in [1.29, 1.82) is 0 Å². The van der Waals surface area contributed by atoms with Crippen molar-refractivity contribution < 1.29 is 24.2 Å². The summed E-state index contributed by atoms with van der Waals surface area (Å²) in [5.41, 5.74) is 2.01. The SMILES string of the molecule is C[C@@H]1CN([C@@H](C)CO)C(=O)c2cc(NC(=O)C3CCCCC3)ccc2O[C@@H](C)CCCCO[C@H]1CN(C)Cc1ccc(Cl)c(Cl)c1. The lowest BCUT2D eigenvalue weighted by atomic mass is 9.88. The van der Waals surface area contributed by atoms with Crippen LogP contribution in [0.3, 0.4) is 0 Å². The number of nitrogens with zero attached hydrogens (tertiary/aromatic N) is 2. The van der Waals surface area contributed by atoms with Gasteiger partial charge in [0, 0.05) is 43.8 Å². The van der Waals surface area contributed by atoms with E-state index >= 15 is 0 Å². The molecule has 1 heterocycles. The number of fused-ring (bicyclic) bond motifs is 1. The molecular formula is C36H51Cl2N3O5. The zero-order valence-corrected chi connectivity index (χ0v) is 29.3. The molecule has 8 nitrogen and oxygen atoms in total. The second-order valence-electron chi connectivity index (χ2n) is 13.3. The smallest absolute Gasteiger partial charge is 0.258 e. The van der Waals surface area contributed by atoms with Crippen LogP contribution < -0.4 is 10.1 Å². The molecule has 2 aromatic carbocycles. The van der Waals surface area contributed by atoms with Gasteiger partial charge in [-0.2, -0.15) is 0 Å². The van der Waals surface area contributed by atoms with E-state index in [1.54, 1.807) is 17.0 Å².